The molecule has 0 bridgehead atoms. The first-order valence-corrected chi connectivity index (χ1v) is 7.77. The quantitative estimate of drug-likeness (QED) is 0.390. The van der Waals surface area contributed by atoms with Crippen molar-refractivity contribution in [1.29, 1.82) is 0 Å². The summed E-state index contributed by atoms with van der Waals surface area (Å²) in [6, 6.07) is 14.6. The summed E-state index contributed by atoms with van der Waals surface area (Å²) in [7, 11) is 0. The van der Waals surface area contributed by atoms with Gasteiger partial charge in [-0.25, -0.2) is 5.48 Å². The zero-order chi connectivity index (χ0) is 18.4. The van der Waals surface area contributed by atoms with E-state index in [4.69, 9.17) is 10.9 Å². The molecule has 2 aromatic carbocycles. The third-order valence-electron chi connectivity index (χ3n) is 3.83. The van der Waals surface area contributed by atoms with Crippen LogP contribution < -0.4 is 16.5 Å². The lowest BCUT2D eigenvalue weighted by Crippen LogP contribution is -2.53. The molecule has 7 nitrogen and oxygen atoms in total. The van der Waals surface area contributed by atoms with Crippen LogP contribution in [0.5, 0.6) is 0 Å². The number of carbonyl (C=O) groups excluding carboxylic acids is 2. The first-order valence-electron chi connectivity index (χ1n) is 7.77. The minimum atomic E-state index is -1.30. The Kier molecular flexibility index (Phi) is 6.24. The van der Waals surface area contributed by atoms with Gasteiger partial charge in [0.1, 0.15) is 12.1 Å². The summed E-state index contributed by atoms with van der Waals surface area (Å²) in [6.45, 7) is 1.32. The van der Waals surface area contributed by atoms with Gasteiger partial charge < -0.3 is 16.2 Å². The molecule has 0 aromatic heterocycles. The molecule has 0 saturated heterocycles. The molecule has 0 aliphatic rings. The number of rotatable bonds is 6. The van der Waals surface area contributed by atoms with Crippen LogP contribution in [0.3, 0.4) is 0 Å². The zero-order valence-corrected chi connectivity index (χ0v) is 13.7. The van der Waals surface area contributed by atoms with Crippen LogP contribution >= 0.6 is 0 Å². The predicted octanol–water partition coefficient (Wildman–Crippen LogP) is 0.724. The average Bonchev–Trinajstić information content (AvgIpc) is 2.65. The van der Waals surface area contributed by atoms with Crippen LogP contribution in [-0.4, -0.2) is 34.3 Å². The van der Waals surface area contributed by atoms with Crippen molar-refractivity contribution in [3.63, 3.8) is 0 Å². The van der Waals surface area contributed by atoms with Crippen molar-refractivity contribution < 1.29 is 19.9 Å². The Morgan fingerprint density at radius 3 is 2.04 bits per heavy atom. The van der Waals surface area contributed by atoms with E-state index in [0.717, 1.165) is 11.1 Å². The molecular weight excluding hydrogens is 322 g/mol. The number of aliphatic hydroxyl groups is 1. The second-order valence-corrected chi connectivity index (χ2v) is 5.67. The van der Waals surface area contributed by atoms with Gasteiger partial charge in [0.15, 0.2) is 0 Å². The third-order valence-corrected chi connectivity index (χ3v) is 3.83. The van der Waals surface area contributed by atoms with Crippen molar-refractivity contribution in [2.24, 2.45) is 5.73 Å². The van der Waals surface area contributed by atoms with Gasteiger partial charge in [0.25, 0.3) is 5.91 Å². The molecule has 132 valence electrons. The maximum atomic E-state index is 12.2. The summed E-state index contributed by atoms with van der Waals surface area (Å²) in [4.78, 5) is 23.7. The monoisotopic (exact) mass is 343 g/mol. The average molecular weight is 343 g/mol. The number of amides is 2. The Morgan fingerprint density at radius 2 is 1.52 bits per heavy atom. The molecule has 0 aliphatic carbocycles. The van der Waals surface area contributed by atoms with E-state index in [1.54, 1.807) is 12.1 Å². The number of nitrogens with two attached hydrogens (primary N) is 1. The summed E-state index contributed by atoms with van der Waals surface area (Å²) >= 11 is 0. The fourth-order valence-electron chi connectivity index (χ4n) is 2.38. The van der Waals surface area contributed by atoms with Crippen molar-refractivity contribution in [1.82, 2.24) is 10.8 Å². The van der Waals surface area contributed by atoms with Crippen molar-refractivity contribution in [2.75, 3.05) is 0 Å². The van der Waals surface area contributed by atoms with Crippen LogP contribution in [-0.2, 0) is 9.59 Å². The maximum Gasteiger partial charge on any atom is 0.268 e. The highest BCUT2D eigenvalue weighted by Gasteiger charge is 2.28. The second-order valence-electron chi connectivity index (χ2n) is 5.67. The number of hydrogen-bond acceptors (Lipinski definition) is 5. The van der Waals surface area contributed by atoms with Gasteiger partial charge in [-0.05, 0) is 23.6 Å². The normalized spacial score (nSPS) is 14.2. The highest BCUT2D eigenvalue weighted by molar-refractivity contribution is 5.90. The predicted molar refractivity (Wildman–Crippen MR) is 92.3 cm³/mol. The van der Waals surface area contributed by atoms with Crippen molar-refractivity contribution in [3.8, 4) is 11.1 Å². The summed E-state index contributed by atoms with van der Waals surface area (Å²) in [6.07, 6.45) is -1.19. The van der Waals surface area contributed by atoms with Crippen LogP contribution in [0.2, 0.25) is 0 Å². The van der Waals surface area contributed by atoms with Crippen molar-refractivity contribution >= 4 is 11.8 Å². The minimum Gasteiger partial charge on any atom is -0.391 e. The molecular formula is C18H21N3O4. The number of nitrogens with one attached hydrogen (secondary N) is 2. The number of benzene rings is 2. The van der Waals surface area contributed by atoms with Crippen LogP contribution in [0, 0.1) is 0 Å². The van der Waals surface area contributed by atoms with Gasteiger partial charge in [0.05, 0.1) is 6.10 Å². The van der Waals surface area contributed by atoms with E-state index in [1.807, 2.05) is 42.5 Å². The number of hydrogen-bond donors (Lipinski definition) is 5. The van der Waals surface area contributed by atoms with Crippen molar-refractivity contribution in [3.05, 3.63) is 60.2 Å². The van der Waals surface area contributed by atoms with Gasteiger partial charge in [0, 0.05) is 0 Å². The topological polar surface area (TPSA) is 125 Å². The molecule has 3 atom stereocenters. The second kappa shape index (κ2) is 8.39. The van der Waals surface area contributed by atoms with E-state index in [2.05, 4.69) is 5.32 Å². The lowest BCUT2D eigenvalue weighted by atomic mass is 10.0. The van der Waals surface area contributed by atoms with Crippen LogP contribution in [0.1, 0.15) is 18.5 Å². The molecule has 2 amide bonds. The number of carbonyl (C=O) groups is 2. The standard InChI is InChI=1S/C18H21N3O4/c1-11(22)16(18(24)21-25)20-17(23)15(19)14-9-7-13(8-10-14)12-5-3-2-4-6-12/h2-11,15-16,22,25H,19H2,1H3,(H,20,23)(H,21,24)/t11-,15-,16+/m1/s1. The fourth-order valence-corrected chi connectivity index (χ4v) is 2.38. The van der Waals surface area contributed by atoms with Crippen LogP contribution in [0.4, 0.5) is 0 Å². The summed E-state index contributed by atoms with van der Waals surface area (Å²) in [5.41, 5.74) is 9.92. The van der Waals surface area contributed by atoms with Crippen molar-refractivity contribution in [2.45, 2.75) is 25.1 Å². The first kappa shape index (κ1) is 18.6. The first-order chi connectivity index (χ1) is 11.9. The van der Waals surface area contributed by atoms with Gasteiger partial charge in [-0.3, -0.25) is 14.8 Å². The molecule has 2 aromatic rings. The molecule has 0 radical (unpaired) electrons. The Labute approximate surface area is 145 Å². The SMILES string of the molecule is C[C@@H](O)[C@H](NC(=O)[C@H](N)c1ccc(-c2ccccc2)cc1)C(=O)NO. The molecule has 2 rings (SSSR count). The largest absolute Gasteiger partial charge is 0.391 e. The van der Waals surface area contributed by atoms with E-state index < -0.39 is 30.0 Å². The van der Waals surface area contributed by atoms with Crippen LogP contribution in [0.15, 0.2) is 54.6 Å². The van der Waals surface area contributed by atoms with Gasteiger partial charge in [0.2, 0.25) is 5.91 Å². The molecule has 25 heavy (non-hydrogen) atoms. The molecule has 0 heterocycles. The van der Waals surface area contributed by atoms with E-state index in [1.165, 1.54) is 12.4 Å². The molecule has 0 saturated carbocycles. The minimum absolute atomic E-state index is 0.561. The number of hydroxylamine groups is 1. The zero-order valence-electron chi connectivity index (χ0n) is 13.7. The molecule has 0 spiro atoms. The fraction of sp³-hybridized carbons (Fsp3) is 0.222. The van der Waals surface area contributed by atoms with E-state index in [0.29, 0.717) is 5.56 Å². The van der Waals surface area contributed by atoms with E-state index >= 15 is 0 Å². The smallest absolute Gasteiger partial charge is 0.268 e. The summed E-state index contributed by atoms with van der Waals surface area (Å²) in [5.74, 6) is -1.56. The summed E-state index contributed by atoms with van der Waals surface area (Å²) < 4.78 is 0. The maximum absolute atomic E-state index is 12.2. The van der Waals surface area contributed by atoms with Crippen LogP contribution in [0.25, 0.3) is 11.1 Å². The van der Waals surface area contributed by atoms with E-state index in [-0.39, 0.29) is 0 Å². The van der Waals surface area contributed by atoms with Gasteiger partial charge in [-0.1, -0.05) is 54.6 Å². The lowest BCUT2D eigenvalue weighted by Gasteiger charge is -2.21. The lowest BCUT2D eigenvalue weighted by molar-refractivity contribution is -0.137. The van der Waals surface area contributed by atoms with E-state index in [9.17, 15) is 14.7 Å². The van der Waals surface area contributed by atoms with Gasteiger partial charge >= 0.3 is 0 Å². The Balaban J connectivity index is 2.10. The molecule has 0 fully saturated rings. The molecule has 0 unspecified atom stereocenters. The summed E-state index contributed by atoms with van der Waals surface area (Å²) in [5, 5.41) is 20.5. The Morgan fingerprint density at radius 1 is 0.960 bits per heavy atom. The molecule has 7 heteroatoms. The molecule has 0 aliphatic heterocycles. The highest BCUT2D eigenvalue weighted by Crippen LogP contribution is 2.21. The highest BCUT2D eigenvalue weighted by atomic mass is 16.5. The molecule has 6 N–H and O–H groups in total. The third kappa shape index (κ3) is 4.63. The van der Waals surface area contributed by atoms with Gasteiger partial charge in [-0.2, -0.15) is 0 Å². The number of aliphatic hydroxyl groups excluding tert-OH is 1. The Hall–Kier alpha value is -2.74. The van der Waals surface area contributed by atoms with Gasteiger partial charge in [-0.15, -0.1) is 0 Å². The Bertz CT molecular complexity index is 717.